The third-order valence-electron chi connectivity index (χ3n) is 3.52. The summed E-state index contributed by atoms with van der Waals surface area (Å²) in [5.74, 6) is 0.157. The third kappa shape index (κ3) is 4.34. The predicted molar refractivity (Wildman–Crippen MR) is 97.3 cm³/mol. The van der Waals surface area contributed by atoms with Gasteiger partial charge in [0.1, 0.15) is 6.61 Å². The summed E-state index contributed by atoms with van der Waals surface area (Å²) in [5, 5.41) is 0. The summed E-state index contributed by atoms with van der Waals surface area (Å²) in [4.78, 5) is 12.5. The number of benzene rings is 1. The number of ether oxygens (including phenoxy) is 1. The van der Waals surface area contributed by atoms with E-state index in [1.807, 2.05) is 13.0 Å². The van der Waals surface area contributed by atoms with Gasteiger partial charge in [0.25, 0.3) is 15.9 Å². The van der Waals surface area contributed by atoms with Crippen molar-refractivity contribution in [2.45, 2.75) is 25.3 Å². The van der Waals surface area contributed by atoms with Gasteiger partial charge < -0.3 is 4.74 Å². The lowest BCUT2D eigenvalue weighted by Crippen LogP contribution is -2.15. The number of nitrogens with one attached hydrogen (secondary N) is 1. The largest absolute Gasteiger partial charge is 0.470 e. The summed E-state index contributed by atoms with van der Waals surface area (Å²) in [5.41, 5.74) is 2.42. The maximum atomic E-state index is 12.6. The van der Waals surface area contributed by atoms with Gasteiger partial charge in [0, 0.05) is 18.0 Å². The molecule has 134 valence electrons. The number of sulfonamides is 1. The second kappa shape index (κ2) is 7.49. The summed E-state index contributed by atoms with van der Waals surface area (Å²) in [6.07, 6.45) is 4.81. The number of nitrogens with zero attached hydrogens (tertiary/aromatic N) is 3. The van der Waals surface area contributed by atoms with Crippen LogP contribution in [-0.2, 0) is 16.6 Å². The summed E-state index contributed by atoms with van der Waals surface area (Å²) < 4.78 is 33.3. The number of aromatic nitrogens is 3. The SMILES string of the molecule is Cc1ccc(S(=O)(=O)Nc2ncc(C)nc2OCc2cccnc2)cc1. The smallest absolute Gasteiger partial charge is 0.263 e. The van der Waals surface area contributed by atoms with E-state index in [2.05, 4.69) is 19.7 Å². The van der Waals surface area contributed by atoms with Gasteiger partial charge in [-0.2, -0.15) is 0 Å². The van der Waals surface area contributed by atoms with Crippen molar-refractivity contribution in [1.29, 1.82) is 0 Å². The van der Waals surface area contributed by atoms with Gasteiger partial charge in [-0.25, -0.2) is 18.4 Å². The number of hydrogen-bond donors (Lipinski definition) is 1. The molecule has 0 amide bonds. The lowest BCUT2D eigenvalue weighted by atomic mass is 10.2. The van der Waals surface area contributed by atoms with Crippen LogP contribution in [0, 0.1) is 13.8 Å². The molecule has 2 heterocycles. The summed E-state index contributed by atoms with van der Waals surface area (Å²) in [7, 11) is -3.79. The zero-order valence-corrected chi connectivity index (χ0v) is 15.2. The third-order valence-corrected chi connectivity index (χ3v) is 4.88. The average molecular weight is 370 g/mol. The fourth-order valence-electron chi connectivity index (χ4n) is 2.16. The molecule has 8 heteroatoms. The van der Waals surface area contributed by atoms with Crippen LogP contribution in [0.3, 0.4) is 0 Å². The van der Waals surface area contributed by atoms with Gasteiger partial charge in [-0.15, -0.1) is 0 Å². The monoisotopic (exact) mass is 370 g/mol. The van der Waals surface area contributed by atoms with Crippen LogP contribution in [0.15, 0.2) is 59.9 Å². The van der Waals surface area contributed by atoms with Gasteiger partial charge in [-0.3, -0.25) is 9.71 Å². The first-order valence-corrected chi connectivity index (χ1v) is 9.37. The Hall–Kier alpha value is -3.00. The number of hydrogen-bond acceptors (Lipinski definition) is 6. The van der Waals surface area contributed by atoms with Crippen LogP contribution in [0.4, 0.5) is 5.82 Å². The van der Waals surface area contributed by atoms with E-state index in [4.69, 9.17) is 4.74 Å². The highest BCUT2D eigenvalue weighted by atomic mass is 32.2. The second-order valence-corrected chi connectivity index (χ2v) is 7.42. The van der Waals surface area contributed by atoms with Crippen LogP contribution in [0.1, 0.15) is 16.8 Å². The van der Waals surface area contributed by atoms with Crippen LogP contribution in [0.25, 0.3) is 0 Å². The van der Waals surface area contributed by atoms with Gasteiger partial charge in [-0.1, -0.05) is 23.8 Å². The van der Waals surface area contributed by atoms with E-state index in [-0.39, 0.29) is 23.2 Å². The Morgan fingerprint density at radius 3 is 2.54 bits per heavy atom. The first kappa shape index (κ1) is 17.8. The minimum absolute atomic E-state index is 0.0417. The molecule has 7 nitrogen and oxygen atoms in total. The van der Waals surface area contributed by atoms with Crippen molar-refractivity contribution in [3.63, 3.8) is 0 Å². The Balaban J connectivity index is 1.84. The standard InChI is InChI=1S/C18H18N4O3S/c1-13-5-7-16(8-6-13)26(23,24)22-17-18(21-14(2)10-20-17)25-12-15-4-3-9-19-11-15/h3-11H,12H2,1-2H3,(H,20,22). The maximum Gasteiger partial charge on any atom is 0.263 e. The topological polar surface area (TPSA) is 94.1 Å². The molecule has 0 saturated carbocycles. The van der Waals surface area contributed by atoms with Gasteiger partial charge >= 0.3 is 0 Å². The predicted octanol–water partition coefficient (Wildman–Crippen LogP) is 2.87. The molecule has 26 heavy (non-hydrogen) atoms. The highest BCUT2D eigenvalue weighted by Gasteiger charge is 2.18. The molecule has 3 aromatic rings. The molecule has 0 aliphatic heterocycles. The number of aryl methyl sites for hydroxylation is 2. The van der Waals surface area contributed by atoms with Gasteiger partial charge in [-0.05, 0) is 32.0 Å². The van der Waals surface area contributed by atoms with Crippen molar-refractivity contribution in [3.8, 4) is 5.88 Å². The Morgan fingerprint density at radius 1 is 1.08 bits per heavy atom. The van der Waals surface area contributed by atoms with Crippen molar-refractivity contribution in [2.75, 3.05) is 4.72 Å². The molecule has 1 N–H and O–H groups in total. The number of anilines is 1. The lowest BCUT2D eigenvalue weighted by Gasteiger charge is -2.12. The summed E-state index contributed by atoms with van der Waals surface area (Å²) >= 11 is 0. The highest BCUT2D eigenvalue weighted by molar-refractivity contribution is 7.92. The molecule has 0 atom stereocenters. The Kier molecular flexibility index (Phi) is 5.13. The van der Waals surface area contributed by atoms with Crippen LogP contribution < -0.4 is 9.46 Å². The van der Waals surface area contributed by atoms with Crippen LogP contribution in [0.5, 0.6) is 5.88 Å². The average Bonchev–Trinajstić information content (AvgIpc) is 2.63. The zero-order chi connectivity index (χ0) is 18.6. The van der Waals surface area contributed by atoms with E-state index in [1.165, 1.54) is 18.3 Å². The van der Waals surface area contributed by atoms with Crippen molar-refractivity contribution >= 4 is 15.8 Å². The van der Waals surface area contributed by atoms with Gasteiger partial charge in [0.15, 0.2) is 0 Å². The lowest BCUT2D eigenvalue weighted by molar-refractivity contribution is 0.293. The van der Waals surface area contributed by atoms with E-state index in [9.17, 15) is 8.42 Å². The Bertz CT molecular complexity index is 991. The molecule has 0 bridgehead atoms. The molecule has 0 spiro atoms. The molecule has 0 unspecified atom stereocenters. The molecule has 0 fully saturated rings. The van der Waals surface area contributed by atoms with Crippen LogP contribution in [0.2, 0.25) is 0 Å². The second-order valence-electron chi connectivity index (χ2n) is 5.73. The van der Waals surface area contributed by atoms with Crippen molar-refractivity contribution < 1.29 is 13.2 Å². The first-order valence-electron chi connectivity index (χ1n) is 7.89. The fourth-order valence-corrected chi connectivity index (χ4v) is 3.17. The minimum Gasteiger partial charge on any atom is -0.470 e. The van der Waals surface area contributed by atoms with E-state index in [1.54, 1.807) is 37.5 Å². The van der Waals surface area contributed by atoms with Crippen molar-refractivity contribution in [3.05, 3.63) is 71.8 Å². The fraction of sp³-hybridized carbons (Fsp3) is 0.167. The molecule has 3 rings (SSSR count). The van der Waals surface area contributed by atoms with E-state index < -0.39 is 10.0 Å². The summed E-state index contributed by atoms with van der Waals surface area (Å²) in [6.45, 7) is 3.84. The number of rotatable bonds is 6. The summed E-state index contributed by atoms with van der Waals surface area (Å²) in [6, 6.07) is 10.2. The quantitative estimate of drug-likeness (QED) is 0.717. The normalized spacial score (nSPS) is 11.2. The molecule has 0 saturated heterocycles. The molecular weight excluding hydrogens is 352 g/mol. The van der Waals surface area contributed by atoms with Crippen molar-refractivity contribution in [2.24, 2.45) is 0 Å². The molecule has 0 aliphatic carbocycles. The minimum atomic E-state index is -3.79. The van der Waals surface area contributed by atoms with Crippen molar-refractivity contribution in [1.82, 2.24) is 15.0 Å². The van der Waals surface area contributed by atoms with Gasteiger partial charge in [0.05, 0.1) is 16.8 Å². The molecular formula is C18H18N4O3S. The molecule has 0 radical (unpaired) electrons. The van der Waals surface area contributed by atoms with E-state index >= 15 is 0 Å². The number of pyridine rings is 1. The highest BCUT2D eigenvalue weighted by Crippen LogP contribution is 2.23. The molecule has 1 aromatic carbocycles. The van der Waals surface area contributed by atoms with Crippen LogP contribution >= 0.6 is 0 Å². The van der Waals surface area contributed by atoms with Crippen LogP contribution in [-0.4, -0.2) is 23.4 Å². The Morgan fingerprint density at radius 2 is 1.85 bits per heavy atom. The van der Waals surface area contributed by atoms with E-state index in [0.29, 0.717) is 5.69 Å². The molecule has 0 aliphatic rings. The Labute approximate surface area is 152 Å². The maximum absolute atomic E-state index is 12.6. The first-order chi connectivity index (χ1) is 12.4. The zero-order valence-electron chi connectivity index (χ0n) is 14.4. The molecule has 2 aromatic heterocycles. The van der Waals surface area contributed by atoms with E-state index in [0.717, 1.165) is 11.1 Å². The van der Waals surface area contributed by atoms with Gasteiger partial charge in [0.2, 0.25) is 5.82 Å².